The summed E-state index contributed by atoms with van der Waals surface area (Å²) >= 11 is 0. The molecule has 1 saturated heterocycles. The Morgan fingerprint density at radius 1 is 1.21 bits per heavy atom. The Kier molecular flexibility index (Phi) is 7.38. The third kappa shape index (κ3) is 5.83. The van der Waals surface area contributed by atoms with Crippen LogP contribution in [0.5, 0.6) is 0 Å². The average Bonchev–Trinajstić information content (AvgIpc) is 2.35. The monoisotopic (exact) mass is 268 g/mol. The van der Waals surface area contributed by atoms with E-state index in [9.17, 15) is 0 Å². The third-order valence-electron chi connectivity index (χ3n) is 4.57. The predicted octanol–water partition coefficient (Wildman–Crippen LogP) is 4.06. The van der Waals surface area contributed by atoms with Gasteiger partial charge in [0.2, 0.25) is 0 Å². The van der Waals surface area contributed by atoms with E-state index in [2.05, 4.69) is 44.8 Å². The lowest BCUT2D eigenvalue weighted by atomic mass is 9.84. The minimum Gasteiger partial charge on any atom is -0.314 e. The van der Waals surface area contributed by atoms with Crippen molar-refractivity contribution in [2.24, 2.45) is 5.41 Å². The highest BCUT2D eigenvalue weighted by Crippen LogP contribution is 2.25. The fraction of sp³-hybridized carbons (Fsp3) is 1.00. The number of nitrogens with zero attached hydrogens (tertiary/aromatic N) is 1. The molecule has 1 aliphatic heterocycles. The summed E-state index contributed by atoms with van der Waals surface area (Å²) in [6.45, 7) is 15.3. The highest BCUT2D eigenvalue weighted by Gasteiger charge is 2.26. The number of nitrogens with one attached hydrogen (secondary N) is 1. The minimum absolute atomic E-state index is 0.367. The molecule has 1 rings (SSSR count). The first-order valence-electron chi connectivity index (χ1n) is 8.46. The summed E-state index contributed by atoms with van der Waals surface area (Å²) in [6.07, 6.45) is 8.28. The van der Waals surface area contributed by atoms with Crippen LogP contribution in [-0.2, 0) is 0 Å². The van der Waals surface area contributed by atoms with E-state index in [1.54, 1.807) is 0 Å². The van der Waals surface area contributed by atoms with E-state index in [0.29, 0.717) is 11.5 Å². The zero-order valence-electron chi connectivity index (χ0n) is 14.0. The molecule has 0 aromatic rings. The first kappa shape index (κ1) is 17.0. The molecule has 0 bridgehead atoms. The molecular weight excluding hydrogens is 232 g/mol. The largest absolute Gasteiger partial charge is 0.314 e. The molecule has 1 fully saturated rings. The molecule has 2 atom stereocenters. The number of rotatable bonds is 7. The smallest absolute Gasteiger partial charge is 0.0128 e. The van der Waals surface area contributed by atoms with Crippen molar-refractivity contribution >= 4 is 0 Å². The van der Waals surface area contributed by atoms with Gasteiger partial charge in [0.25, 0.3) is 0 Å². The van der Waals surface area contributed by atoms with E-state index < -0.39 is 0 Å². The van der Waals surface area contributed by atoms with E-state index >= 15 is 0 Å². The maximum absolute atomic E-state index is 3.68. The second-order valence-electron chi connectivity index (χ2n) is 7.24. The molecule has 0 spiro atoms. The summed E-state index contributed by atoms with van der Waals surface area (Å²) in [5.74, 6) is 0. The predicted molar refractivity (Wildman–Crippen MR) is 85.7 cm³/mol. The first-order chi connectivity index (χ1) is 8.99. The third-order valence-corrected chi connectivity index (χ3v) is 4.57. The number of hydrogen-bond donors (Lipinski definition) is 1. The Bertz CT molecular complexity index is 230. The highest BCUT2D eigenvalue weighted by molar-refractivity contribution is 4.83. The second kappa shape index (κ2) is 8.26. The van der Waals surface area contributed by atoms with E-state index in [4.69, 9.17) is 0 Å². The second-order valence-corrected chi connectivity index (χ2v) is 7.24. The fourth-order valence-electron chi connectivity index (χ4n) is 3.40. The zero-order valence-corrected chi connectivity index (χ0v) is 14.0. The van der Waals surface area contributed by atoms with Crippen LogP contribution in [0.25, 0.3) is 0 Å². The van der Waals surface area contributed by atoms with Crippen LogP contribution in [0, 0.1) is 5.41 Å². The summed E-state index contributed by atoms with van der Waals surface area (Å²) in [4.78, 5) is 2.77. The van der Waals surface area contributed by atoms with Gasteiger partial charge < -0.3 is 10.2 Å². The quantitative estimate of drug-likeness (QED) is 0.749. The van der Waals surface area contributed by atoms with Crippen molar-refractivity contribution in [3.05, 3.63) is 0 Å². The van der Waals surface area contributed by atoms with Crippen molar-refractivity contribution in [3.8, 4) is 0 Å². The van der Waals surface area contributed by atoms with Crippen molar-refractivity contribution in [2.75, 3.05) is 19.6 Å². The van der Waals surface area contributed by atoms with Gasteiger partial charge in [-0.2, -0.15) is 0 Å². The Morgan fingerprint density at radius 3 is 2.53 bits per heavy atom. The molecule has 0 radical (unpaired) electrons. The fourth-order valence-corrected chi connectivity index (χ4v) is 3.40. The Hall–Kier alpha value is -0.0800. The van der Waals surface area contributed by atoms with E-state index in [-0.39, 0.29) is 0 Å². The van der Waals surface area contributed by atoms with Gasteiger partial charge in [0.05, 0.1) is 0 Å². The lowest BCUT2D eigenvalue weighted by Crippen LogP contribution is -2.46. The Balaban J connectivity index is 2.47. The summed E-state index contributed by atoms with van der Waals surface area (Å²) < 4.78 is 0. The van der Waals surface area contributed by atoms with Crippen LogP contribution in [0.15, 0.2) is 0 Å². The van der Waals surface area contributed by atoms with Crippen LogP contribution in [0.3, 0.4) is 0 Å². The molecule has 19 heavy (non-hydrogen) atoms. The van der Waals surface area contributed by atoms with Gasteiger partial charge in [-0.1, -0.05) is 47.5 Å². The van der Waals surface area contributed by atoms with Crippen LogP contribution in [0.1, 0.15) is 73.1 Å². The Labute approximate surface area is 121 Å². The highest BCUT2D eigenvalue weighted by atomic mass is 15.2. The normalized spacial score (nSPS) is 23.5. The van der Waals surface area contributed by atoms with Crippen molar-refractivity contribution in [1.82, 2.24) is 10.2 Å². The van der Waals surface area contributed by atoms with Crippen LogP contribution in [0.2, 0.25) is 0 Å². The summed E-state index contributed by atoms with van der Waals surface area (Å²) in [5, 5.41) is 3.68. The van der Waals surface area contributed by atoms with Crippen LogP contribution in [-0.4, -0.2) is 36.6 Å². The van der Waals surface area contributed by atoms with Gasteiger partial charge in [-0.25, -0.2) is 0 Å². The molecule has 0 aromatic heterocycles. The average molecular weight is 268 g/mol. The van der Waals surface area contributed by atoms with Gasteiger partial charge >= 0.3 is 0 Å². The summed E-state index contributed by atoms with van der Waals surface area (Å²) in [6, 6.07) is 1.50. The lowest BCUT2D eigenvalue weighted by molar-refractivity contribution is 0.122. The van der Waals surface area contributed by atoms with Crippen molar-refractivity contribution in [1.29, 1.82) is 0 Å². The Morgan fingerprint density at radius 2 is 1.95 bits per heavy atom. The van der Waals surface area contributed by atoms with Crippen LogP contribution < -0.4 is 5.32 Å². The summed E-state index contributed by atoms with van der Waals surface area (Å²) in [5.41, 5.74) is 0.367. The SMILES string of the molecule is CCCC1CCCCN1CCC(NCC)C(C)(C)C. The molecule has 2 nitrogen and oxygen atoms in total. The number of piperidine rings is 1. The molecule has 0 amide bonds. The minimum atomic E-state index is 0.367. The summed E-state index contributed by atoms with van der Waals surface area (Å²) in [7, 11) is 0. The molecule has 1 aliphatic rings. The molecule has 1 N–H and O–H groups in total. The molecular formula is C17H36N2. The first-order valence-corrected chi connectivity index (χ1v) is 8.46. The van der Waals surface area contributed by atoms with E-state index in [1.807, 2.05) is 0 Å². The van der Waals surface area contributed by atoms with Gasteiger partial charge in [-0.05, 0) is 50.7 Å². The van der Waals surface area contributed by atoms with Gasteiger partial charge in [0, 0.05) is 12.1 Å². The molecule has 0 aromatic carbocycles. The topological polar surface area (TPSA) is 15.3 Å². The zero-order chi connectivity index (χ0) is 14.3. The standard InChI is InChI=1S/C17H36N2/c1-6-10-15-11-8-9-13-19(15)14-12-16(18-7-2)17(3,4)5/h15-16,18H,6-14H2,1-5H3. The maximum Gasteiger partial charge on any atom is 0.0128 e. The number of likely N-dealkylation sites (tertiary alicyclic amines) is 1. The molecule has 1 heterocycles. The van der Waals surface area contributed by atoms with Crippen molar-refractivity contribution in [2.45, 2.75) is 85.2 Å². The van der Waals surface area contributed by atoms with Gasteiger partial charge in [-0.3, -0.25) is 0 Å². The van der Waals surface area contributed by atoms with Crippen LogP contribution >= 0.6 is 0 Å². The molecule has 2 heteroatoms. The van der Waals surface area contributed by atoms with Crippen LogP contribution in [0.4, 0.5) is 0 Å². The molecule has 0 saturated carbocycles. The van der Waals surface area contributed by atoms with Gasteiger partial charge in [0.1, 0.15) is 0 Å². The van der Waals surface area contributed by atoms with Crippen molar-refractivity contribution < 1.29 is 0 Å². The molecule has 114 valence electrons. The molecule has 2 unspecified atom stereocenters. The lowest BCUT2D eigenvalue weighted by Gasteiger charge is -2.38. The van der Waals surface area contributed by atoms with Crippen molar-refractivity contribution in [3.63, 3.8) is 0 Å². The van der Waals surface area contributed by atoms with Gasteiger partial charge in [0.15, 0.2) is 0 Å². The number of hydrogen-bond acceptors (Lipinski definition) is 2. The van der Waals surface area contributed by atoms with Gasteiger partial charge in [-0.15, -0.1) is 0 Å². The van der Waals surface area contributed by atoms with E-state index in [1.165, 1.54) is 51.6 Å². The molecule has 0 aliphatic carbocycles. The van der Waals surface area contributed by atoms with E-state index in [0.717, 1.165) is 12.6 Å². The maximum atomic E-state index is 3.68.